The van der Waals surface area contributed by atoms with Crippen molar-refractivity contribution in [1.29, 1.82) is 0 Å². The Labute approximate surface area is 249 Å². The molecule has 10 nitrogen and oxygen atoms in total. The molecule has 0 aromatic carbocycles. The second-order valence-corrected chi connectivity index (χ2v) is 11.9. The minimum atomic E-state index is -5.31. The second kappa shape index (κ2) is 13.3. The summed E-state index contributed by atoms with van der Waals surface area (Å²) in [5.74, 6) is -13.7. The Morgan fingerprint density at radius 3 is 2.34 bits per heavy atom. The predicted molar refractivity (Wildman–Crippen MR) is 140 cm³/mol. The smallest absolute Gasteiger partial charge is 0.461 e. The number of piperidine rings is 2. The molecule has 5 rings (SSSR count). The zero-order valence-electron chi connectivity index (χ0n) is 24.1. The molecule has 0 radical (unpaired) electrons. The number of nitrogens with zero attached hydrogens (tertiary/aromatic N) is 1. The summed E-state index contributed by atoms with van der Waals surface area (Å²) >= 11 is 0. The minimum absolute atomic E-state index is 0.0577. The van der Waals surface area contributed by atoms with Gasteiger partial charge in [0.1, 0.15) is 12.1 Å². The number of hydrogen-bond acceptors (Lipinski definition) is 6. The molecule has 3 saturated heterocycles. The summed E-state index contributed by atoms with van der Waals surface area (Å²) < 4.78 is 89.1. The quantitative estimate of drug-likeness (QED) is 0.181. The molecule has 16 heteroatoms. The Kier molecular flexibility index (Phi) is 10.2. The zero-order valence-corrected chi connectivity index (χ0v) is 24.1. The van der Waals surface area contributed by atoms with Gasteiger partial charge in [-0.15, -0.1) is 0 Å². The number of rotatable bonds is 11. The largest absolute Gasteiger partial charge is 0.471 e. The first-order valence-electron chi connectivity index (χ1n) is 14.8. The number of nitrogens with one attached hydrogen (secondary N) is 3. The number of amides is 4. The summed E-state index contributed by atoms with van der Waals surface area (Å²) in [7, 11) is 0. The van der Waals surface area contributed by atoms with E-state index in [4.69, 9.17) is 0 Å². The van der Waals surface area contributed by atoms with E-state index in [1.54, 1.807) is 5.32 Å². The molecule has 2 saturated carbocycles. The maximum absolute atomic E-state index is 15.2. The number of hydrogen-bond donors (Lipinski definition) is 3. The summed E-state index contributed by atoms with van der Waals surface area (Å²) in [5, 5.41) is 6.69. The van der Waals surface area contributed by atoms with E-state index < -0.39 is 89.9 Å². The monoisotopic (exact) mass is 638 g/mol. The lowest BCUT2D eigenvalue weighted by molar-refractivity contribution is -0.196. The van der Waals surface area contributed by atoms with Crippen LogP contribution in [0.25, 0.3) is 0 Å². The number of ether oxygens (including phenoxy) is 1. The topological polar surface area (TPSA) is 134 Å². The summed E-state index contributed by atoms with van der Waals surface area (Å²) in [6.07, 6.45) is -3.60. The number of carbonyl (C=O) groups excluding carboxylic acids is 5. The van der Waals surface area contributed by atoms with Gasteiger partial charge in [0.05, 0.1) is 18.6 Å². The van der Waals surface area contributed by atoms with E-state index >= 15 is 8.78 Å². The first-order valence-corrected chi connectivity index (χ1v) is 14.8. The van der Waals surface area contributed by atoms with Gasteiger partial charge in [-0.25, -0.2) is 13.6 Å². The zero-order chi connectivity index (χ0) is 32.4. The molecule has 44 heavy (non-hydrogen) atoms. The van der Waals surface area contributed by atoms with E-state index in [1.165, 1.54) is 6.92 Å². The molecule has 2 aliphatic carbocycles. The predicted octanol–water partition coefficient (Wildman–Crippen LogP) is 2.67. The lowest BCUT2D eigenvalue weighted by Crippen LogP contribution is -2.71. The van der Waals surface area contributed by atoms with Gasteiger partial charge in [-0.05, 0) is 51.0 Å². The van der Waals surface area contributed by atoms with Crippen LogP contribution in [0, 0.1) is 17.8 Å². The van der Waals surface area contributed by atoms with Crippen LogP contribution in [0.5, 0.6) is 0 Å². The maximum atomic E-state index is 15.2. The SMILES string of the molecule is CCOC(=O)/C(F)=C/[C@H](C[C@H]1CCNC1=O)NC(=O)[C@H]1[C@@H]2CC[C@@H](CC2(F)F)N1C(=O)[C@H](CC1CCC1)NC(=O)C(F)(F)F. The number of halogens is 6. The molecule has 0 aromatic rings. The summed E-state index contributed by atoms with van der Waals surface area (Å²) in [5.41, 5.74) is 0. The van der Waals surface area contributed by atoms with Crippen LogP contribution in [-0.4, -0.2) is 83.9 Å². The average molecular weight is 639 g/mol. The number of alkyl halides is 5. The molecule has 5 fully saturated rings. The van der Waals surface area contributed by atoms with Crippen molar-refractivity contribution in [3.63, 3.8) is 0 Å². The Bertz CT molecular complexity index is 1180. The van der Waals surface area contributed by atoms with E-state index in [-0.39, 0.29) is 38.2 Å². The highest BCUT2D eigenvalue weighted by molar-refractivity contribution is 5.94. The molecule has 0 unspecified atom stereocenters. The van der Waals surface area contributed by atoms with Crippen LogP contribution in [-0.2, 0) is 28.7 Å². The fraction of sp³-hybridized carbons (Fsp3) is 0.750. The van der Waals surface area contributed by atoms with Crippen LogP contribution >= 0.6 is 0 Å². The fourth-order valence-corrected chi connectivity index (χ4v) is 6.59. The van der Waals surface area contributed by atoms with Gasteiger partial charge in [0.15, 0.2) is 0 Å². The van der Waals surface area contributed by atoms with E-state index in [2.05, 4.69) is 15.4 Å². The normalized spacial score (nSPS) is 28.0. The molecule has 5 aliphatic rings. The Hall–Kier alpha value is -3.33. The van der Waals surface area contributed by atoms with Gasteiger partial charge in [0.2, 0.25) is 23.5 Å². The second-order valence-electron chi connectivity index (χ2n) is 11.9. The van der Waals surface area contributed by atoms with Crippen molar-refractivity contribution >= 4 is 29.6 Å². The van der Waals surface area contributed by atoms with Crippen molar-refractivity contribution in [2.24, 2.45) is 17.8 Å². The first kappa shape index (κ1) is 33.6. The van der Waals surface area contributed by atoms with E-state index in [1.807, 2.05) is 0 Å². The van der Waals surface area contributed by atoms with E-state index in [0.29, 0.717) is 31.9 Å². The van der Waals surface area contributed by atoms with Crippen molar-refractivity contribution in [2.75, 3.05) is 13.2 Å². The van der Waals surface area contributed by atoms with Crippen LogP contribution in [0.4, 0.5) is 26.3 Å². The lowest BCUT2D eigenvalue weighted by atomic mass is 9.71. The highest BCUT2D eigenvalue weighted by Crippen LogP contribution is 2.49. The van der Waals surface area contributed by atoms with Crippen LogP contribution in [0.1, 0.15) is 64.7 Å². The molecule has 2 bridgehead atoms. The van der Waals surface area contributed by atoms with Crippen molar-refractivity contribution < 1.29 is 55.1 Å². The Balaban J connectivity index is 1.64. The van der Waals surface area contributed by atoms with Gasteiger partial charge in [0, 0.05) is 24.9 Å². The molecule has 3 aliphatic heterocycles. The van der Waals surface area contributed by atoms with Crippen LogP contribution in [0.3, 0.4) is 0 Å². The van der Waals surface area contributed by atoms with Gasteiger partial charge < -0.3 is 25.6 Å². The molecular weight excluding hydrogens is 602 g/mol. The number of carbonyl (C=O) groups is 5. The number of esters is 1. The van der Waals surface area contributed by atoms with Gasteiger partial charge in [-0.1, -0.05) is 19.3 Å². The molecule has 6 atom stereocenters. The van der Waals surface area contributed by atoms with Crippen molar-refractivity contribution in [1.82, 2.24) is 20.9 Å². The Morgan fingerprint density at radius 1 is 1.09 bits per heavy atom. The van der Waals surface area contributed by atoms with Crippen LogP contribution in [0.15, 0.2) is 11.9 Å². The average Bonchev–Trinajstić information content (AvgIpc) is 3.31. The standard InChI is InChI=1S/C28H36F6N4O6/c1-2-44-25(42)19(29)12-16(11-15-8-9-35-22(15)39)36-23(40)21-18-7-6-17(13-27(18,30)31)38(21)24(41)20(10-14-4-3-5-14)37-26(43)28(32,33)34/h12,14-18,20-21H,2-11,13H2,1H3,(H,35,39)(H,36,40)(H,37,43)/b19-12-/t15-,16+,17+,18+,20+,21-/m1/s1. The third-order valence-corrected chi connectivity index (χ3v) is 8.96. The third-order valence-electron chi connectivity index (χ3n) is 8.96. The summed E-state index contributed by atoms with van der Waals surface area (Å²) in [6.45, 7) is 1.58. The van der Waals surface area contributed by atoms with E-state index in [0.717, 1.165) is 11.3 Å². The molecule has 4 amide bonds. The molecule has 3 heterocycles. The maximum Gasteiger partial charge on any atom is 0.471 e. The minimum Gasteiger partial charge on any atom is -0.461 e. The Morgan fingerprint density at radius 2 is 1.80 bits per heavy atom. The molecule has 0 aromatic heterocycles. The van der Waals surface area contributed by atoms with E-state index in [9.17, 15) is 41.5 Å². The summed E-state index contributed by atoms with van der Waals surface area (Å²) in [6, 6.07) is -6.15. The molecule has 246 valence electrons. The van der Waals surface area contributed by atoms with Gasteiger partial charge in [-0.2, -0.15) is 17.6 Å². The van der Waals surface area contributed by atoms with Gasteiger partial charge >= 0.3 is 18.1 Å². The van der Waals surface area contributed by atoms with Gasteiger partial charge in [-0.3, -0.25) is 19.2 Å². The highest BCUT2D eigenvalue weighted by Gasteiger charge is 2.61. The van der Waals surface area contributed by atoms with Crippen molar-refractivity contribution in [3.05, 3.63) is 11.9 Å². The lowest BCUT2D eigenvalue weighted by Gasteiger charge is -2.54. The van der Waals surface area contributed by atoms with Crippen LogP contribution in [0.2, 0.25) is 0 Å². The highest BCUT2D eigenvalue weighted by atomic mass is 19.4. The van der Waals surface area contributed by atoms with Crippen LogP contribution < -0.4 is 16.0 Å². The van der Waals surface area contributed by atoms with Gasteiger partial charge in [0.25, 0.3) is 5.92 Å². The van der Waals surface area contributed by atoms with Crippen molar-refractivity contribution in [2.45, 2.75) is 101 Å². The first-order chi connectivity index (χ1) is 20.6. The fourth-order valence-electron chi connectivity index (χ4n) is 6.59. The summed E-state index contributed by atoms with van der Waals surface area (Å²) in [4.78, 5) is 64.4. The molecule has 3 N–H and O–H groups in total. The number of fused-ring (bicyclic) bond motifs is 3. The van der Waals surface area contributed by atoms with Crippen molar-refractivity contribution in [3.8, 4) is 0 Å². The third kappa shape index (κ3) is 7.48. The molecule has 0 spiro atoms. The molecular formula is C28H36F6N4O6.